The molecule has 2 rings (SSSR count). The van der Waals surface area contributed by atoms with Crippen molar-refractivity contribution in [3.05, 3.63) is 34.4 Å². The summed E-state index contributed by atoms with van der Waals surface area (Å²) in [7, 11) is 0. The lowest BCUT2D eigenvalue weighted by Crippen LogP contribution is -2.47. The van der Waals surface area contributed by atoms with E-state index in [0.717, 1.165) is 19.3 Å². The Morgan fingerprint density at radius 3 is 2.56 bits per heavy atom. The first kappa shape index (κ1) is 20.7. The van der Waals surface area contributed by atoms with Crippen LogP contribution in [0, 0.1) is 22.0 Å². The number of carbonyl (C=O) groups is 2. The van der Waals surface area contributed by atoms with E-state index in [2.05, 4.69) is 19.2 Å². The summed E-state index contributed by atoms with van der Waals surface area (Å²) in [6.45, 7) is 5.45. The van der Waals surface area contributed by atoms with Crippen LogP contribution in [0.2, 0.25) is 0 Å². The molecule has 1 fully saturated rings. The van der Waals surface area contributed by atoms with Crippen LogP contribution in [0.3, 0.4) is 0 Å². The van der Waals surface area contributed by atoms with Crippen molar-refractivity contribution in [1.82, 2.24) is 5.32 Å². The molecule has 1 aliphatic rings. The van der Waals surface area contributed by atoms with Gasteiger partial charge in [0.2, 0.25) is 0 Å². The van der Waals surface area contributed by atoms with E-state index in [9.17, 15) is 19.7 Å². The first-order valence-corrected chi connectivity index (χ1v) is 9.15. The van der Waals surface area contributed by atoms with Gasteiger partial charge < -0.3 is 14.8 Å². The molecule has 8 heteroatoms. The van der Waals surface area contributed by atoms with E-state index in [1.54, 1.807) is 0 Å². The number of hydrogen-bond acceptors (Lipinski definition) is 6. The number of ether oxygens (including phenoxy) is 2. The first-order valence-electron chi connectivity index (χ1n) is 9.15. The monoisotopic (exact) mass is 378 g/mol. The molecular weight excluding hydrogens is 352 g/mol. The van der Waals surface area contributed by atoms with Crippen molar-refractivity contribution in [3.63, 3.8) is 0 Å². The highest BCUT2D eigenvalue weighted by molar-refractivity contribution is 5.83. The molecule has 0 saturated heterocycles. The van der Waals surface area contributed by atoms with Crippen LogP contribution in [-0.2, 0) is 14.3 Å². The number of hydrogen-bond donors (Lipinski definition) is 1. The lowest BCUT2D eigenvalue weighted by Gasteiger charge is -2.35. The van der Waals surface area contributed by atoms with Crippen molar-refractivity contribution >= 4 is 17.6 Å². The van der Waals surface area contributed by atoms with Gasteiger partial charge in [0.05, 0.1) is 4.92 Å². The SMILES string of the molecule is C[C@@H]1[C@H](C)CCC[C@H]1NC(=O)[C@@H](C)OC(=O)COc1ccc([N+](=O)[O-])cc1. The van der Waals surface area contributed by atoms with Crippen molar-refractivity contribution in [2.45, 2.75) is 52.2 Å². The molecule has 148 valence electrons. The van der Waals surface area contributed by atoms with Crippen LogP contribution in [-0.4, -0.2) is 35.6 Å². The number of nitro benzene ring substituents is 1. The number of nitro groups is 1. The zero-order chi connectivity index (χ0) is 20.0. The Morgan fingerprint density at radius 2 is 1.93 bits per heavy atom. The van der Waals surface area contributed by atoms with Crippen molar-refractivity contribution in [2.75, 3.05) is 6.61 Å². The molecular formula is C19H26N2O6. The Hall–Kier alpha value is -2.64. The Bertz CT molecular complexity index is 675. The summed E-state index contributed by atoms with van der Waals surface area (Å²) in [4.78, 5) is 34.2. The van der Waals surface area contributed by atoms with E-state index < -0.39 is 17.0 Å². The van der Waals surface area contributed by atoms with Crippen molar-refractivity contribution in [3.8, 4) is 5.75 Å². The van der Waals surface area contributed by atoms with Crippen LogP contribution in [0.1, 0.15) is 40.0 Å². The molecule has 0 spiro atoms. The number of rotatable bonds is 7. The van der Waals surface area contributed by atoms with Gasteiger partial charge in [0.1, 0.15) is 5.75 Å². The number of amides is 1. The van der Waals surface area contributed by atoms with E-state index in [4.69, 9.17) is 9.47 Å². The maximum absolute atomic E-state index is 12.3. The van der Waals surface area contributed by atoms with Gasteiger partial charge in [-0.05, 0) is 37.3 Å². The van der Waals surface area contributed by atoms with E-state index >= 15 is 0 Å². The normalized spacial score (nSPS) is 23.1. The third-order valence-electron chi connectivity index (χ3n) is 5.12. The van der Waals surface area contributed by atoms with Gasteiger partial charge in [0.15, 0.2) is 12.7 Å². The fraction of sp³-hybridized carbons (Fsp3) is 0.579. The third kappa shape index (κ3) is 5.94. The minimum absolute atomic E-state index is 0.0681. The third-order valence-corrected chi connectivity index (χ3v) is 5.12. The highest BCUT2D eigenvalue weighted by Crippen LogP contribution is 2.29. The minimum atomic E-state index is -0.914. The van der Waals surface area contributed by atoms with Gasteiger partial charge in [-0.1, -0.05) is 26.7 Å². The second kappa shape index (κ2) is 9.34. The molecule has 1 amide bonds. The lowest BCUT2D eigenvalue weighted by atomic mass is 9.78. The zero-order valence-corrected chi connectivity index (χ0v) is 15.8. The van der Waals surface area contributed by atoms with Crippen molar-refractivity contribution in [1.29, 1.82) is 0 Å². The molecule has 0 aliphatic heterocycles. The van der Waals surface area contributed by atoms with Crippen LogP contribution in [0.4, 0.5) is 5.69 Å². The summed E-state index contributed by atoms with van der Waals surface area (Å²) in [6.07, 6.45) is 2.26. The average Bonchev–Trinajstić information content (AvgIpc) is 2.64. The molecule has 0 bridgehead atoms. The van der Waals surface area contributed by atoms with E-state index in [1.165, 1.54) is 31.2 Å². The van der Waals surface area contributed by atoms with Crippen molar-refractivity contribution < 1.29 is 24.0 Å². The maximum atomic E-state index is 12.3. The van der Waals surface area contributed by atoms with E-state index in [0.29, 0.717) is 17.6 Å². The summed E-state index contributed by atoms with van der Waals surface area (Å²) in [5.41, 5.74) is -0.0681. The second-order valence-electron chi connectivity index (χ2n) is 7.05. The Kier molecular flexibility index (Phi) is 7.15. The van der Waals surface area contributed by atoms with Crippen molar-refractivity contribution in [2.24, 2.45) is 11.8 Å². The quantitative estimate of drug-likeness (QED) is 0.444. The van der Waals surface area contributed by atoms with Gasteiger partial charge in [0.25, 0.3) is 11.6 Å². The molecule has 1 aromatic rings. The molecule has 27 heavy (non-hydrogen) atoms. The molecule has 0 radical (unpaired) electrons. The number of benzene rings is 1. The van der Waals surface area contributed by atoms with Crippen LogP contribution in [0.25, 0.3) is 0 Å². The minimum Gasteiger partial charge on any atom is -0.482 e. The molecule has 1 N–H and O–H groups in total. The lowest BCUT2D eigenvalue weighted by molar-refractivity contribution is -0.384. The second-order valence-corrected chi connectivity index (χ2v) is 7.05. The van der Waals surface area contributed by atoms with E-state index in [-0.39, 0.29) is 24.2 Å². The van der Waals surface area contributed by atoms with Gasteiger partial charge >= 0.3 is 5.97 Å². The summed E-state index contributed by atoms with van der Waals surface area (Å²) in [5.74, 6) is 0.249. The Morgan fingerprint density at radius 1 is 1.26 bits per heavy atom. The van der Waals surface area contributed by atoms with Crippen LogP contribution < -0.4 is 10.1 Å². The number of esters is 1. The van der Waals surface area contributed by atoms with Gasteiger partial charge in [-0.25, -0.2) is 4.79 Å². The predicted molar refractivity (Wildman–Crippen MR) is 98.3 cm³/mol. The number of carbonyl (C=O) groups excluding carboxylic acids is 2. The van der Waals surface area contributed by atoms with Crippen LogP contribution in [0.15, 0.2) is 24.3 Å². The summed E-state index contributed by atoms with van der Waals surface area (Å²) in [5, 5.41) is 13.6. The molecule has 0 aromatic heterocycles. The molecule has 0 heterocycles. The van der Waals surface area contributed by atoms with Gasteiger partial charge in [0, 0.05) is 18.2 Å². The average molecular weight is 378 g/mol. The Balaban J connectivity index is 1.77. The van der Waals surface area contributed by atoms with E-state index in [1.807, 2.05) is 0 Å². The molecule has 8 nitrogen and oxygen atoms in total. The van der Waals surface area contributed by atoms with Gasteiger partial charge in [-0.2, -0.15) is 0 Å². The highest BCUT2D eigenvalue weighted by atomic mass is 16.6. The molecule has 4 atom stereocenters. The largest absolute Gasteiger partial charge is 0.482 e. The smallest absolute Gasteiger partial charge is 0.344 e. The topological polar surface area (TPSA) is 108 Å². The molecule has 1 saturated carbocycles. The number of nitrogens with zero attached hydrogens (tertiary/aromatic N) is 1. The Labute approximate surface area is 158 Å². The summed E-state index contributed by atoms with van der Waals surface area (Å²) >= 11 is 0. The van der Waals surface area contributed by atoms with Crippen LogP contribution in [0.5, 0.6) is 5.75 Å². The summed E-state index contributed by atoms with van der Waals surface area (Å²) < 4.78 is 10.4. The highest BCUT2D eigenvalue weighted by Gasteiger charge is 2.30. The summed E-state index contributed by atoms with van der Waals surface area (Å²) in [6, 6.07) is 5.45. The molecule has 0 unspecified atom stereocenters. The molecule has 1 aromatic carbocycles. The zero-order valence-electron chi connectivity index (χ0n) is 15.8. The number of nitrogens with one attached hydrogen (secondary N) is 1. The predicted octanol–water partition coefficient (Wildman–Crippen LogP) is 2.85. The standard InChI is InChI=1S/C19H26N2O6/c1-12-5-4-6-17(13(12)2)20-19(23)14(3)27-18(22)11-26-16-9-7-15(8-10-16)21(24)25/h7-10,12-14,17H,4-6,11H2,1-3H3,(H,20,23)/t12-,13-,14-,17-/m1/s1. The fourth-order valence-corrected chi connectivity index (χ4v) is 3.18. The van der Waals surface area contributed by atoms with Crippen LogP contribution >= 0.6 is 0 Å². The first-order chi connectivity index (χ1) is 12.8. The number of non-ortho nitro benzene ring substituents is 1. The fourth-order valence-electron chi connectivity index (χ4n) is 3.18. The van der Waals surface area contributed by atoms with Gasteiger partial charge in [-0.3, -0.25) is 14.9 Å². The molecule has 1 aliphatic carbocycles. The maximum Gasteiger partial charge on any atom is 0.344 e. The van der Waals surface area contributed by atoms with Gasteiger partial charge in [-0.15, -0.1) is 0 Å².